The smallest absolute Gasteiger partial charge is 0.253 e. The van der Waals surface area contributed by atoms with Gasteiger partial charge in [-0.2, -0.15) is 0 Å². The van der Waals surface area contributed by atoms with Crippen LogP contribution in [0.5, 0.6) is 0 Å². The molecule has 0 bridgehead atoms. The topological polar surface area (TPSA) is 79.5 Å². The van der Waals surface area contributed by atoms with Crippen LogP contribution >= 0.6 is 0 Å². The van der Waals surface area contributed by atoms with Crippen molar-refractivity contribution in [2.45, 2.75) is 25.9 Å². The summed E-state index contributed by atoms with van der Waals surface area (Å²) >= 11 is 0. The average molecular weight is 305 g/mol. The maximum absolute atomic E-state index is 12.2. The number of hydrogen-bond donors (Lipinski definition) is 3. The number of nitrogens with one attached hydrogen (secondary N) is 3. The lowest BCUT2D eigenvalue weighted by Gasteiger charge is -2.22. The summed E-state index contributed by atoms with van der Waals surface area (Å²) in [5.74, 6) is -0.132. The van der Waals surface area contributed by atoms with Crippen molar-refractivity contribution in [2.75, 3.05) is 30.8 Å². The van der Waals surface area contributed by atoms with Crippen LogP contribution in [0.4, 0.5) is 11.4 Å². The third kappa shape index (κ3) is 4.54. The summed E-state index contributed by atoms with van der Waals surface area (Å²) in [6.45, 7) is 3.43. The van der Waals surface area contributed by atoms with Crippen molar-refractivity contribution in [3.8, 4) is 0 Å². The monoisotopic (exact) mass is 305 g/mol. The van der Waals surface area contributed by atoms with Crippen LogP contribution in [0, 0.1) is 5.92 Å². The molecule has 6 nitrogen and oxygen atoms in total. The van der Waals surface area contributed by atoms with E-state index in [0.717, 1.165) is 25.9 Å². The highest BCUT2D eigenvalue weighted by Crippen LogP contribution is 2.19. The van der Waals surface area contributed by atoms with Crippen molar-refractivity contribution in [3.05, 3.63) is 24.3 Å². The van der Waals surface area contributed by atoms with Gasteiger partial charge in [0, 0.05) is 24.4 Å². The van der Waals surface area contributed by atoms with E-state index in [0.29, 0.717) is 11.4 Å². The van der Waals surface area contributed by atoms with Gasteiger partial charge >= 0.3 is 0 Å². The summed E-state index contributed by atoms with van der Waals surface area (Å²) in [4.78, 5) is 24.0. The van der Waals surface area contributed by atoms with Crippen LogP contribution in [-0.2, 0) is 14.3 Å². The van der Waals surface area contributed by atoms with E-state index in [1.807, 2.05) is 6.07 Å². The van der Waals surface area contributed by atoms with Gasteiger partial charge in [-0.15, -0.1) is 0 Å². The summed E-state index contributed by atoms with van der Waals surface area (Å²) in [7, 11) is 1.49. The van der Waals surface area contributed by atoms with Crippen LogP contribution in [0.25, 0.3) is 0 Å². The molecule has 6 heteroatoms. The predicted molar refractivity (Wildman–Crippen MR) is 85.8 cm³/mol. The van der Waals surface area contributed by atoms with Gasteiger partial charge in [0.2, 0.25) is 5.91 Å². The molecule has 1 aliphatic rings. The fraction of sp³-hybridized carbons (Fsp3) is 0.500. The first-order valence-electron chi connectivity index (χ1n) is 7.55. The third-order valence-electron chi connectivity index (χ3n) is 3.83. The molecule has 0 spiro atoms. The zero-order valence-electron chi connectivity index (χ0n) is 13.0. The second-order valence-corrected chi connectivity index (χ2v) is 5.46. The Bertz CT molecular complexity index is 527. The van der Waals surface area contributed by atoms with Gasteiger partial charge in [-0.1, -0.05) is 6.07 Å². The Hall–Kier alpha value is -1.92. The molecule has 3 N–H and O–H groups in total. The summed E-state index contributed by atoms with van der Waals surface area (Å²) in [6, 6.07) is 7.14. The first-order valence-corrected chi connectivity index (χ1v) is 7.55. The molecule has 1 heterocycles. The van der Waals surface area contributed by atoms with Gasteiger partial charge < -0.3 is 20.7 Å². The van der Waals surface area contributed by atoms with E-state index in [-0.39, 0.29) is 17.7 Å². The number of anilines is 2. The van der Waals surface area contributed by atoms with Crippen LogP contribution in [-0.4, -0.2) is 38.1 Å². The molecule has 1 saturated heterocycles. The van der Waals surface area contributed by atoms with Gasteiger partial charge in [-0.05, 0) is 51.1 Å². The van der Waals surface area contributed by atoms with E-state index in [2.05, 4.69) is 16.0 Å². The van der Waals surface area contributed by atoms with Gasteiger partial charge in [-0.3, -0.25) is 9.59 Å². The highest BCUT2D eigenvalue weighted by molar-refractivity contribution is 5.96. The Morgan fingerprint density at radius 2 is 1.86 bits per heavy atom. The molecule has 22 heavy (non-hydrogen) atoms. The quantitative estimate of drug-likeness (QED) is 0.772. The molecule has 1 fully saturated rings. The highest BCUT2D eigenvalue weighted by atomic mass is 16.5. The summed E-state index contributed by atoms with van der Waals surface area (Å²) < 4.78 is 4.97. The molecular weight excluding hydrogens is 282 g/mol. The molecule has 2 amide bonds. The first-order chi connectivity index (χ1) is 10.6. The second-order valence-electron chi connectivity index (χ2n) is 5.46. The van der Waals surface area contributed by atoms with Gasteiger partial charge in [0.1, 0.15) is 6.10 Å². The summed E-state index contributed by atoms with van der Waals surface area (Å²) in [5, 5.41) is 8.92. The molecular formula is C16H23N3O3. The van der Waals surface area contributed by atoms with Crippen LogP contribution < -0.4 is 16.0 Å². The molecule has 2 rings (SSSR count). The molecule has 1 aromatic carbocycles. The average Bonchev–Trinajstić information content (AvgIpc) is 2.55. The van der Waals surface area contributed by atoms with E-state index < -0.39 is 6.10 Å². The number of methoxy groups -OCH3 is 1. The van der Waals surface area contributed by atoms with Crippen molar-refractivity contribution in [3.63, 3.8) is 0 Å². The number of ether oxygens (including phenoxy) is 1. The van der Waals surface area contributed by atoms with Crippen LogP contribution in [0.2, 0.25) is 0 Å². The number of hydrogen-bond acceptors (Lipinski definition) is 4. The fourth-order valence-electron chi connectivity index (χ4n) is 2.35. The molecule has 0 aromatic heterocycles. The Morgan fingerprint density at radius 3 is 2.50 bits per heavy atom. The molecule has 120 valence electrons. The lowest BCUT2D eigenvalue weighted by atomic mass is 9.97. The second kappa shape index (κ2) is 7.91. The molecule has 1 unspecified atom stereocenters. The van der Waals surface area contributed by atoms with E-state index in [9.17, 15) is 9.59 Å². The maximum atomic E-state index is 12.2. The molecule has 0 saturated carbocycles. The lowest BCUT2D eigenvalue weighted by Crippen LogP contribution is -2.34. The van der Waals surface area contributed by atoms with Crippen LogP contribution in [0.15, 0.2) is 24.3 Å². The number of amides is 2. The highest BCUT2D eigenvalue weighted by Gasteiger charge is 2.21. The van der Waals surface area contributed by atoms with E-state index >= 15 is 0 Å². The zero-order chi connectivity index (χ0) is 15.9. The minimum absolute atomic E-state index is 0.0373. The summed E-state index contributed by atoms with van der Waals surface area (Å²) in [5.41, 5.74) is 1.32. The third-order valence-corrected chi connectivity index (χ3v) is 3.83. The van der Waals surface area contributed by atoms with Gasteiger partial charge in [0.15, 0.2) is 0 Å². The Kier molecular flexibility index (Phi) is 5.91. The van der Waals surface area contributed by atoms with Gasteiger partial charge in [0.25, 0.3) is 5.91 Å². The fourth-order valence-corrected chi connectivity index (χ4v) is 2.35. The Morgan fingerprint density at radius 1 is 1.23 bits per heavy atom. The minimum atomic E-state index is -0.520. The number of carbonyl (C=O) groups excluding carboxylic acids is 2. The van der Waals surface area contributed by atoms with Gasteiger partial charge in [-0.25, -0.2) is 0 Å². The molecule has 1 aromatic rings. The number of rotatable bonds is 5. The van der Waals surface area contributed by atoms with E-state index in [1.54, 1.807) is 25.1 Å². The summed E-state index contributed by atoms with van der Waals surface area (Å²) in [6.07, 6.45) is 1.19. The normalized spacial score (nSPS) is 16.8. The van der Waals surface area contributed by atoms with Crippen LogP contribution in [0.3, 0.4) is 0 Å². The Labute approximate surface area is 130 Å². The van der Waals surface area contributed by atoms with Gasteiger partial charge in [0.05, 0.1) is 0 Å². The van der Waals surface area contributed by atoms with E-state index in [4.69, 9.17) is 4.74 Å². The SMILES string of the molecule is COC(C)C(=O)Nc1cccc(NC(=O)C2CCNCC2)c1. The maximum Gasteiger partial charge on any atom is 0.253 e. The largest absolute Gasteiger partial charge is 0.372 e. The standard InChI is InChI=1S/C16H23N3O3/c1-11(22-2)15(20)18-13-4-3-5-14(10-13)19-16(21)12-6-8-17-9-7-12/h3-5,10-12,17H,6-9H2,1-2H3,(H,18,20)(H,19,21). The molecule has 0 radical (unpaired) electrons. The van der Waals surface area contributed by atoms with Crippen molar-refractivity contribution in [1.82, 2.24) is 5.32 Å². The van der Waals surface area contributed by atoms with Crippen molar-refractivity contribution >= 4 is 23.2 Å². The van der Waals surface area contributed by atoms with Crippen molar-refractivity contribution in [1.29, 1.82) is 0 Å². The van der Waals surface area contributed by atoms with Crippen LogP contribution in [0.1, 0.15) is 19.8 Å². The Balaban J connectivity index is 1.96. The van der Waals surface area contributed by atoms with Crippen molar-refractivity contribution < 1.29 is 14.3 Å². The predicted octanol–water partition coefficient (Wildman–Crippen LogP) is 1.60. The lowest BCUT2D eigenvalue weighted by molar-refractivity contribution is -0.124. The van der Waals surface area contributed by atoms with E-state index in [1.165, 1.54) is 7.11 Å². The first kappa shape index (κ1) is 16.5. The number of carbonyl (C=O) groups is 2. The minimum Gasteiger partial charge on any atom is -0.372 e. The molecule has 1 atom stereocenters. The number of benzene rings is 1. The zero-order valence-corrected chi connectivity index (χ0v) is 13.0. The molecule has 0 aliphatic carbocycles. The van der Waals surface area contributed by atoms with Crippen molar-refractivity contribution in [2.24, 2.45) is 5.92 Å². The number of piperidine rings is 1. The molecule has 1 aliphatic heterocycles.